The number of aryl methyl sites for hydroxylation is 1. The Labute approximate surface area is 106 Å². The first kappa shape index (κ1) is 12.3. The molecule has 0 N–H and O–H groups in total. The van der Waals surface area contributed by atoms with E-state index in [0.29, 0.717) is 17.9 Å². The zero-order chi connectivity index (χ0) is 13.0. The number of hydrogen-bond donors (Lipinski definition) is 0. The highest BCUT2D eigenvalue weighted by molar-refractivity contribution is 5.81. The molecule has 0 radical (unpaired) electrons. The van der Waals surface area contributed by atoms with E-state index in [1.807, 2.05) is 44.3 Å². The third kappa shape index (κ3) is 2.56. The van der Waals surface area contributed by atoms with Gasteiger partial charge in [0.2, 0.25) is 0 Å². The van der Waals surface area contributed by atoms with E-state index >= 15 is 0 Å². The molecule has 0 saturated carbocycles. The summed E-state index contributed by atoms with van der Waals surface area (Å²) in [6.07, 6.45) is 2.63. The number of aldehydes is 1. The van der Waals surface area contributed by atoms with E-state index in [1.165, 1.54) is 0 Å². The van der Waals surface area contributed by atoms with Crippen molar-refractivity contribution in [1.82, 2.24) is 4.98 Å². The number of benzene rings is 1. The quantitative estimate of drug-likeness (QED) is 0.771. The van der Waals surface area contributed by atoms with Gasteiger partial charge in [0.15, 0.2) is 6.29 Å². The van der Waals surface area contributed by atoms with E-state index in [4.69, 9.17) is 4.74 Å². The second-order valence-corrected chi connectivity index (χ2v) is 3.99. The number of hydrogen-bond acceptors (Lipinski definition) is 3. The molecule has 0 aliphatic carbocycles. The zero-order valence-corrected chi connectivity index (χ0v) is 10.5. The van der Waals surface area contributed by atoms with Crippen LogP contribution in [0.25, 0.3) is 11.1 Å². The number of nitrogens with zero attached hydrogens (tertiary/aromatic N) is 1. The van der Waals surface area contributed by atoms with Gasteiger partial charge in [-0.05, 0) is 37.6 Å². The molecule has 0 spiro atoms. The van der Waals surface area contributed by atoms with Gasteiger partial charge in [-0.15, -0.1) is 0 Å². The highest BCUT2D eigenvalue weighted by Gasteiger charge is 2.06. The summed E-state index contributed by atoms with van der Waals surface area (Å²) in [6, 6.07) is 9.52. The smallest absolute Gasteiger partial charge is 0.153 e. The summed E-state index contributed by atoms with van der Waals surface area (Å²) >= 11 is 0. The van der Waals surface area contributed by atoms with Gasteiger partial charge in [0.1, 0.15) is 5.75 Å². The Hall–Kier alpha value is -2.16. The fraction of sp³-hybridized carbons (Fsp3) is 0.200. The van der Waals surface area contributed by atoms with Crippen molar-refractivity contribution in [3.63, 3.8) is 0 Å². The van der Waals surface area contributed by atoms with Crippen LogP contribution in [0.5, 0.6) is 5.75 Å². The van der Waals surface area contributed by atoms with E-state index in [2.05, 4.69) is 4.98 Å². The lowest BCUT2D eigenvalue weighted by molar-refractivity contribution is 0.112. The molecule has 0 atom stereocenters. The maximum absolute atomic E-state index is 10.9. The van der Waals surface area contributed by atoms with E-state index < -0.39 is 0 Å². The summed E-state index contributed by atoms with van der Waals surface area (Å²) in [5, 5.41) is 0. The van der Waals surface area contributed by atoms with Gasteiger partial charge in [-0.1, -0.05) is 12.1 Å². The van der Waals surface area contributed by atoms with E-state index in [0.717, 1.165) is 23.1 Å². The maximum Gasteiger partial charge on any atom is 0.153 e. The Morgan fingerprint density at radius 2 is 2.00 bits per heavy atom. The van der Waals surface area contributed by atoms with Crippen molar-refractivity contribution in [2.45, 2.75) is 13.8 Å². The molecule has 3 nitrogen and oxygen atoms in total. The van der Waals surface area contributed by atoms with Gasteiger partial charge in [0, 0.05) is 17.5 Å². The molecule has 0 amide bonds. The van der Waals surface area contributed by atoms with Crippen molar-refractivity contribution in [3.8, 4) is 16.9 Å². The topological polar surface area (TPSA) is 39.2 Å². The van der Waals surface area contributed by atoms with Crippen molar-refractivity contribution < 1.29 is 9.53 Å². The van der Waals surface area contributed by atoms with Crippen LogP contribution >= 0.6 is 0 Å². The molecule has 1 aromatic heterocycles. The van der Waals surface area contributed by atoms with Crippen molar-refractivity contribution in [2.24, 2.45) is 0 Å². The average molecular weight is 241 g/mol. The molecule has 3 heteroatoms. The average Bonchev–Trinajstić information content (AvgIpc) is 2.40. The molecule has 0 fully saturated rings. The molecule has 2 aromatic rings. The van der Waals surface area contributed by atoms with Crippen LogP contribution in [0.2, 0.25) is 0 Å². The Bertz CT molecular complexity index is 547. The van der Waals surface area contributed by atoms with Crippen LogP contribution in [0.4, 0.5) is 0 Å². The molecule has 2 rings (SSSR count). The molecule has 0 saturated heterocycles. The summed E-state index contributed by atoms with van der Waals surface area (Å²) in [6.45, 7) is 4.38. The predicted molar refractivity (Wildman–Crippen MR) is 71.0 cm³/mol. The van der Waals surface area contributed by atoms with Gasteiger partial charge in [-0.2, -0.15) is 0 Å². The Morgan fingerprint density at radius 3 is 2.61 bits per heavy atom. The highest BCUT2D eigenvalue weighted by atomic mass is 16.5. The molecule has 0 unspecified atom stereocenters. The molecule has 18 heavy (non-hydrogen) atoms. The summed E-state index contributed by atoms with van der Waals surface area (Å²) in [5.74, 6) is 0.616. The zero-order valence-electron chi connectivity index (χ0n) is 10.5. The maximum atomic E-state index is 10.9. The normalized spacial score (nSPS) is 10.1. The van der Waals surface area contributed by atoms with Gasteiger partial charge in [-0.25, -0.2) is 0 Å². The van der Waals surface area contributed by atoms with Crippen molar-refractivity contribution in [2.75, 3.05) is 6.61 Å². The summed E-state index contributed by atoms with van der Waals surface area (Å²) in [7, 11) is 0. The number of pyridine rings is 1. The lowest BCUT2D eigenvalue weighted by atomic mass is 10.0. The summed E-state index contributed by atoms with van der Waals surface area (Å²) in [4.78, 5) is 15.2. The molecule has 1 aromatic carbocycles. The Morgan fingerprint density at radius 1 is 1.22 bits per heavy atom. The monoisotopic (exact) mass is 241 g/mol. The van der Waals surface area contributed by atoms with Crippen LogP contribution in [-0.2, 0) is 0 Å². The fourth-order valence-electron chi connectivity index (χ4n) is 1.73. The Balaban J connectivity index is 2.42. The number of carbonyl (C=O) groups is 1. The van der Waals surface area contributed by atoms with Gasteiger partial charge in [-0.3, -0.25) is 9.78 Å². The minimum atomic E-state index is 0.538. The van der Waals surface area contributed by atoms with Crippen LogP contribution < -0.4 is 4.74 Å². The molecular formula is C15H15NO2. The van der Waals surface area contributed by atoms with Crippen LogP contribution in [0, 0.1) is 6.92 Å². The van der Waals surface area contributed by atoms with Gasteiger partial charge >= 0.3 is 0 Å². The number of carbonyl (C=O) groups excluding carboxylic acids is 1. The van der Waals surface area contributed by atoms with Crippen LogP contribution in [-0.4, -0.2) is 17.9 Å². The first-order valence-corrected chi connectivity index (χ1v) is 5.89. The Kier molecular flexibility index (Phi) is 3.72. The van der Waals surface area contributed by atoms with Gasteiger partial charge < -0.3 is 4.74 Å². The largest absolute Gasteiger partial charge is 0.493 e. The van der Waals surface area contributed by atoms with Crippen LogP contribution in [0.1, 0.15) is 23.0 Å². The molecule has 92 valence electrons. The second kappa shape index (κ2) is 5.45. The van der Waals surface area contributed by atoms with Crippen LogP contribution in [0.3, 0.4) is 0 Å². The standard InChI is InChI=1S/C15H15NO2/c1-3-18-15-8-12(6-7-14(15)10-17)13-5-4-11(2)16-9-13/h4-10H,3H2,1-2H3. The fourth-order valence-corrected chi connectivity index (χ4v) is 1.73. The first-order chi connectivity index (χ1) is 8.74. The number of ether oxygens (including phenoxy) is 1. The first-order valence-electron chi connectivity index (χ1n) is 5.89. The molecular weight excluding hydrogens is 226 g/mol. The minimum Gasteiger partial charge on any atom is -0.493 e. The second-order valence-electron chi connectivity index (χ2n) is 3.99. The lowest BCUT2D eigenvalue weighted by Crippen LogP contribution is -1.96. The van der Waals surface area contributed by atoms with Crippen molar-refractivity contribution >= 4 is 6.29 Å². The van der Waals surface area contributed by atoms with Crippen LogP contribution in [0.15, 0.2) is 36.5 Å². The lowest BCUT2D eigenvalue weighted by Gasteiger charge is -2.09. The SMILES string of the molecule is CCOc1cc(-c2ccc(C)nc2)ccc1C=O. The number of aromatic nitrogens is 1. The van der Waals surface area contributed by atoms with Gasteiger partial charge in [0.25, 0.3) is 0 Å². The highest BCUT2D eigenvalue weighted by Crippen LogP contribution is 2.26. The van der Waals surface area contributed by atoms with Gasteiger partial charge in [0.05, 0.1) is 12.2 Å². The predicted octanol–water partition coefficient (Wildman–Crippen LogP) is 3.27. The third-order valence-electron chi connectivity index (χ3n) is 2.69. The minimum absolute atomic E-state index is 0.538. The third-order valence-corrected chi connectivity index (χ3v) is 2.69. The summed E-state index contributed by atoms with van der Waals surface area (Å²) in [5.41, 5.74) is 3.56. The van der Waals surface area contributed by atoms with E-state index in [9.17, 15) is 4.79 Å². The molecule has 1 heterocycles. The molecule has 0 bridgehead atoms. The molecule has 0 aliphatic heterocycles. The van der Waals surface area contributed by atoms with Crippen molar-refractivity contribution in [1.29, 1.82) is 0 Å². The van der Waals surface area contributed by atoms with E-state index in [1.54, 1.807) is 6.07 Å². The van der Waals surface area contributed by atoms with Crippen molar-refractivity contribution in [3.05, 3.63) is 47.8 Å². The number of rotatable bonds is 4. The molecule has 0 aliphatic rings. The van der Waals surface area contributed by atoms with E-state index in [-0.39, 0.29) is 0 Å². The summed E-state index contributed by atoms with van der Waals surface area (Å²) < 4.78 is 5.46.